The van der Waals surface area contributed by atoms with Crippen LogP contribution in [0.3, 0.4) is 0 Å². The van der Waals surface area contributed by atoms with Crippen LogP contribution in [0.1, 0.15) is 0 Å². The van der Waals surface area contributed by atoms with Crippen molar-refractivity contribution < 1.29 is 4.42 Å². The van der Waals surface area contributed by atoms with Crippen molar-refractivity contribution in [3.63, 3.8) is 0 Å². The highest BCUT2D eigenvalue weighted by Gasteiger charge is 2.19. The van der Waals surface area contributed by atoms with Crippen LogP contribution in [-0.4, -0.2) is 15.0 Å². The molecule has 0 unspecified atom stereocenters. The van der Waals surface area contributed by atoms with E-state index in [4.69, 9.17) is 19.4 Å². The second-order valence-corrected chi connectivity index (χ2v) is 18.1. The standard InChI is InChI=1S/C57H33N3OS2/c1-4-12-34(13-5-1)37-20-25-44-48-32-45(35-14-6-2-7-15-35)46(33-54(48)63-52(44)30-37)38-23-27-49-47(28-38)41-24-21-39(29-50(41)61-49)56-58-55(36-16-8-3-9-17-36)59-57(60-56)40-22-26-43-42-18-10-11-19-51(42)62-53(43)31-40/h1-33H. The number of benzene rings is 9. The average Bonchev–Trinajstić information content (AvgIpc) is 4.04. The number of furan rings is 1. The first-order valence-corrected chi connectivity index (χ1v) is 22.6. The van der Waals surface area contributed by atoms with E-state index in [9.17, 15) is 0 Å². The molecule has 0 atom stereocenters. The molecule has 4 heterocycles. The van der Waals surface area contributed by atoms with Crippen LogP contribution in [0.15, 0.2) is 205 Å². The number of hydrogen-bond acceptors (Lipinski definition) is 6. The van der Waals surface area contributed by atoms with Crippen LogP contribution in [0, 0.1) is 0 Å². The maximum absolute atomic E-state index is 6.62. The molecule has 0 aliphatic carbocycles. The fraction of sp³-hybridized carbons (Fsp3) is 0. The molecule has 0 aliphatic rings. The molecule has 0 bridgehead atoms. The summed E-state index contributed by atoms with van der Waals surface area (Å²) in [5, 5.41) is 7.17. The van der Waals surface area contributed by atoms with E-state index in [1.54, 1.807) is 11.3 Å². The van der Waals surface area contributed by atoms with Gasteiger partial charge in [0.2, 0.25) is 0 Å². The minimum atomic E-state index is 0.596. The van der Waals surface area contributed by atoms with Gasteiger partial charge in [-0.15, -0.1) is 22.7 Å². The molecule has 0 spiro atoms. The smallest absolute Gasteiger partial charge is 0.164 e. The molecule has 0 radical (unpaired) electrons. The van der Waals surface area contributed by atoms with Crippen LogP contribution in [0.5, 0.6) is 0 Å². The van der Waals surface area contributed by atoms with Crippen molar-refractivity contribution >= 4 is 85.0 Å². The van der Waals surface area contributed by atoms with Gasteiger partial charge in [0.15, 0.2) is 17.5 Å². The zero-order chi connectivity index (χ0) is 41.4. The van der Waals surface area contributed by atoms with Crippen molar-refractivity contribution in [1.29, 1.82) is 0 Å². The van der Waals surface area contributed by atoms with E-state index in [1.807, 2.05) is 41.7 Å². The van der Waals surface area contributed by atoms with E-state index >= 15 is 0 Å². The molecule has 13 aromatic rings. The van der Waals surface area contributed by atoms with Gasteiger partial charge in [0, 0.05) is 67.8 Å². The Bertz CT molecular complexity index is 3910. The molecular formula is C57H33N3OS2. The first-order valence-electron chi connectivity index (χ1n) is 21.0. The highest BCUT2D eigenvalue weighted by molar-refractivity contribution is 7.26. The third kappa shape index (κ3) is 6.14. The summed E-state index contributed by atoms with van der Waals surface area (Å²) in [7, 11) is 0. The fourth-order valence-corrected chi connectivity index (χ4v) is 11.3. The van der Waals surface area contributed by atoms with Gasteiger partial charge in [0.05, 0.1) is 0 Å². The van der Waals surface area contributed by atoms with Gasteiger partial charge in [-0.05, 0) is 88.0 Å². The molecule has 6 heteroatoms. The summed E-state index contributed by atoms with van der Waals surface area (Å²) >= 11 is 3.65. The van der Waals surface area contributed by atoms with Crippen molar-refractivity contribution in [2.24, 2.45) is 0 Å². The van der Waals surface area contributed by atoms with E-state index in [-0.39, 0.29) is 0 Å². The van der Waals surface area contributed by atoms with E-state index in [0.717, 1.165) is 44.2 Å². The molecular weight excluding hydrogens is 807 g/mol. The quantitative estimate of drug-likeness (QED) is 0.167. The first-order chi connectivity index (χ1) is 31.2. The Hall–Kier alpha value is -7.77. The Balaban J connectivity index is 0.927. The highest BCUT2D eigenvalue weighted by atomic mass is 32.1. The Morgan fingerprint density at radius 3 is 1.52 bits per heavy atom. The van der Waals surface area contributed by atoms with Crippen molar-refractivity contribution in [2.75, 3.05) is 0 Å². The molecule has 4 nitrogen and oxygen atoms in total. The second kappa shape index (κ2) is 14.4. The lowest BCUT2D eigenvalue weighted by Gasteiger charge is -2.12. The molecule has 0 N–H and O–H groups in total. The third-order valence-corrected chi connectivity index (χ3v) is 14.4. The topological polar surface area (TPSA) is 51.8 Å². The predicted molar refractivity (Wildman–Crippen MR) is 265 cm³/mol. The molecule has 9 aromatic carbocycles. The number of hydrogen-bond donors (Lipinski definition) is 0. The lowest BCUT2D eigenvalue weighted by atomic mass is 9.92. The molecule has 0 saturated carbocycles. The van der Waals surface area contributed by atoms with Gasteiger partial charge in [-0.3, -0.25) is 0 Å². The van der Waals surface area contributed by atoms with Crippen molar-refractivity contribution in [2.45, 2.75) is 0 Å². The monoisotopic (exact) mass is 839 g/mol. The first kappa shape index (κ1) is 35.9. The minimum absolute atomic E-state index is 0.596. The Morgan fingerprint density at radius 1 is 0.270 bits per heavy atom. The third-order valence-electron chi connectivity index (χ3n) is 12.1. The SMILES string of the molecule is c1ccc(-c2ccc3c(c2)sc2cc(-c4ccc5oc6cc(-c7nc(-c8ccccc8)nc(-c8ccc9c(c8)sc8ccccc89)n7)ccc6c5c4)c(-c4ccccc4)cc23)cc1. The number of nitrogens with zero attached hydrogens (tertiary/aromatic N) is 3. The maximum Gasteiger partial charge on any atom is 0.164 e. The maximum atomic E-state index is 6.62. The lowest BCUT2D eigenvalue weighted by molar-refractivity contribution is 0.669. The van der Waals surface area contributed by atoms with E-state index in [1.165, 1.54) is 68.2 Å². The Morgan fingerprint density at radius 2 is 0.778 bits per heavy atom. The van der Waals surface area contributed by atoms with Gasteiger partial charge in [-0.25, -0.2) is 15.0 Å². The molecule has 0 saturated heterocycles. The number of aromatic nitrogens is 3. The van der Waals surface area contributed by atoms with Crippen LogP contribution < -0.4 is 0 Å². The van der Waals surface area contributed by atoms with Crippen molar-refractivity contribution in [3.05, 3.63) is 200 Å². The number of fused-ring (bicyclic) bond motifs is 9. The van der Waals surface area contributed by atoms with Gasteiger partial charge in [-0.2, -0.15) is 0 Å². The molecule has 294 valence electrons. The zero-order valence-corrected chi connectivity index (χ0v) is 35.3. The predicted octanol–water partition coefficient (Wildman–Crippen LogP) is 16.5. The van der Waals surface area contributed by atoms with Gasteiger partial charge in [0.25, 0.3) is 0 Å². The van der Waals surface area contributed by atoms with E-state index in [2.05, 4.69) is 170 Å². The van der Waals surface area contributed by atoms with Gasteiger partial charge in [0.1, 0.15) is 11.2 Å². The second-order valence-electron chi connectivity index (χ2n) is 15.9. The van der Waals surface area contributed by atoms with Crippen LogP contribution in [0.2, 0.25) is 0 Å². The Kier molecular flexibility index (Phi) is 8.22. The van der Waals surface area contributed by atoms with Crippen LogP contribution in [0.25, 0.3) is 130 Å². The molecule has 0 aliphatic heterocycles. The highest BCUT2D eigenvalue weighted by Crippen LogP contribution is 2.44. The molecule has 4 aromatic heterocycles. The normalized spacial score (nSPS) is 11.8. The largest absolute Gasteiger partial charge is 0.456 e. The van der Waals surface area contributed by atoms with Gasteiger partial charge < -0.3 is 4.42 Å². The summed E-state index contributed by atoms with van der Waals surface area (Å²) in [6.07, 6.45) is 0. The van der Waals surface area contributed by atoms with Crippen molar-refractivity contribution in [1.82, 2.24) is 15.0 Å². The zero-order valence-electron chi connectivity index (χ0n) is 33.6. The summed E-state index contributed by atoms with van der Waals surface area (Å²) in [6.45, 7) is 0. The van der Waals surface area contributed by atoms with Crippen LogP contribution >= 0.6 is 22.7 Å². The summed E-state index contributed by atoms with van der Waals surface area (Å²) < 4.78 is 11.6. The Labute approximate surface area is 370 Å². The number of thiophene rings is 2. The summed E-state index contributed by atoms with van der Waals surface area (Å²) in [4.78, 5) is 15.2. The number of rotatable bonds is 6. The molecule has 13 rings (SSSR count). The lowest BCUT2D eigenvalue weighted by Crippen LogP contribution is -2.00. The van der Waals surface area contributed by atoms with Crippen LogP contribution in [-0.2, 0) is 0 Å². The van der Waals surface area contributed by atoms with Crippen LogP contribution in [0.4, 0.5) is 0 Å². The van der Waals surface area contributed by atoms with Crippen molar-refractivity contribution in [3.8, 4) is 67.5 Å². The minimum Gasteiger partial charge on any atom is -0.456 e. The summed E-state index contributed by atoms with van der Waals surface area (Å²) in [5.41, 5.74) is 11.6. The average molecular weight is 840 g/mol. The molecule has 0 fully saturated rings. The van der Waals surface area contributed by atoms with E-state index < -0.39 is 0 Å². The summed E-state index contributed by atoms with van der Waals surface area (Å²) in [6, 6.07) is 71.1. The van der Waals surface area contributed by atoms with Gasteiger partial charge >= 0.3 is 0 Å². The molecule has 0 amide bonds. The summed E-state index contributed by atoms with van der Waals surface area (Å²) in [5.74, 6) is 1.86. The molecule has 63 heavy (non-hydrogen) atoms. The van der Waals surface area contributed by atoms with E-state index in [0.29, 0.717) is 17.5 Å². The fourth-order valence-electron chi connectivity index (χ4n) is 9.03. The van der Waals surface area contributed by atoms with Gasteiger partial charge in [-0.1, -0.05) is 146 Å².